The van der Waals surface area contributed by atoms with Crippen LogP contribution in [-0.4, -0.2) is 50.9 Å². The Labute approximate surface area is 124 Å². The van der Waals surface area contributed by atoms with E-state index in [4.69, 9.17) is 23.7 Å². The number of hydrogen-bond acceptors (Lipinski definition) is 7. The Balaban J connectivity index is 2.09. The van der Waals surface area contributed by atoms with Gasteiger partial charge in [0.05, 0.1) is 25.4 Å². The second-order valence-electron chi connectivity index (χ2n) is 4.78. The number of carbonyl (C=O) groups excluding carboxylic acids is 2. The molecule has 2 atom stereocenters. The Kier molecular flexibility index (Phi) is 8.57. The van der Waals surface area contributed by atoms with Gasteiger partial charge in [0.25, 0.3) is 0 Å². The number of ether oxygens (including phenoxy) is 5. The summed E-state index contributed by atoms with van der Waals surface area (Å²) in [6.07, 6.45) is 1.29. The van der Waals surface area contributed by atoms with E-state index in [1.165, 1.54) is 0 Å². The van der Waals surface area contributed by atoms with Crippen LogP contribution in [0.1, 0.15) is 39.5 Å². The van der Waals surface area contributed by atoms with E-state index in [1.54, 1.807) is 0 Å². The minimum Gasteiger partial charge on any atom is -0.434 e. The van der Waals surface area contributed by atoms with Crippen molar-refractivity contribution in [3.8, 4) is 0 Å². The van der Waals surface area contributed by atoms with Crippen LogP contribution in [0.4, 0.5) is 9.59 Å². The quantitative estimate of drug-likeness (QED) is 0.638. The third-order valence-electron chi connectivity index (χ3n) is 2.82. The summed E-state index contributed by atoms with van der Waals surface area (Å²) < 4.78 is 25.1. The van der Waals surface area contributed by atoms with E-state index in [-0.39, 0.29) is 25.4 Å². The second kappa shape index (κ2) is 10.3. The van der Waals surface area contributed by atoms with E-state index in [2.05, 4.69) is 0 Å². The molecule has 7 heteroatoms. The number of hydrogen-bond donors (Lipinski definition) is 0. The molecule has 1 rings (SSSR count). The van der Waals surface area contributed by atoms with Crippen LogP contribution in [0.25, 0.3) is 0 Å². The van der Waals surface area contributed by atoms with Crippen molar-refractivity contribution >= 4 is 12.3 Å². The molecular weight excluding hydrogens is 280 g/mol. The fourth-order valence-corrected chi connectivity index (χ4v) is 1.80. The predicted molar refractivity (Wildman–Crippen MR) is 73.1 cm³/mol. The molecule has 0 aromatic rings. The molecule has 0 aliphatic carbocycles. The van der Waals surface area contributed by atoms with Crippen molar-refractivity contribution < 1.29 is 33.3 Å². The lowest BCUT2D eigenvalue weighted by Crippen LogP contribution is -2.23. The maximum Gasteiger partial charge on any atom is 0.508 e. The molecule has 0 aromatic heterocycles. The highest BCUT2D eigenvalue weighted by atomic mass is 16.7. The molecule has 122 valence electrons. The average Bonchev–Trinajstić information content (AvgIpc) is 2.94. The Morgan fingerprint density at radius 3 is 1.67 bits per heavy atom. The summed E-state index contributed by atoms with van der Waals surface area (Å²) in [5.74, 6) is 0. The lowest BCUT2D eigenvalue weighted by Gasteiger charge is -2.14. The van der Waals surface area contributed by atoms with Crippen molar-refractivity contribution in [1.29, 1.82) is 0 Å². The van der Waals surface area contributed by atoms with Gasteiger partial charge in [0.2, 0.25) is 0 Å². The zero-order valence-corrected chi connectivity index (χ0v) is 12.7. The molecule has 7 nitrogen and oxygen atoms in total. The van der Waals surface area contributed by atoms with Crippen LogP contribution < -0.4 is 0 Å². The van der Waals surface area contributed by atoms with Crippen molar-refractivity contribution in [3.63, 3.8) is 0 Å². The molecule has 0 radical (unpaired) electrons. The monoisotopic (exact) mass is 304 g/mol. The van der Waals surface area contributed by atoms with Crippen LogP contribution in [0.2, 0.25) is 0 Å². The molecule has 1 aliphatic rings. The summed E-state index contributed by atoms with van der Waals surface area (Å²) in [5, 5.41) is 0. The second-order valence-corrected chi connectivity index (χ2v) is 4.78. The Morgan fingerprint density at radius 1 is 0.857 bits per heavy atom. The first-order chi connectivity index (χ1) is 10.2. The van der Waals surface area contributed by atoms with Gasteiger partial charge in [0.15, 0.2) is 0 Å². The molecule has 0 N–H and O–H groups in total. The summed E-state index contributed by atoms with van der Waals surface area (Å²) in [6.45, 7) is 4.81. The third kappa shape index (κ3) is 7.75. The van der Waals surface area contributed by atoms with Gasteiger partial charge < -0.3 is 23.7 Å². The van der Waals surface area contributed by atoms with Crippen LogP contribution >= 0.6 is 0 Å². The largest absolute Gasteiger partial charge is 0.508 e. The standard InChI is InChI=1S/C14H24O7/c1-3-7-17-13(15)19-9-11-5-6-12(21-11)10-20-14(16)18-8-4-2/h11-12H,3-10H2,1-2H3/t11-,12+. The molecule has 0 saturated carbocycles. The minimum atomic E-state index is -0.678. The van der Waals surface area contributed by atoms with Gasteiger partial charge in [-0.25, -0.2) is 9.59 Å². The smallest absolute Gasteiger partial charge is 0.434 e. The van der Waals surface area contributed by atoms with Gasteiger partial charge in [-0.05, 0) is 25.7 Å². The first-order valence-corrected chi connectivity index (χ1v) is 7.40. The van der Waals surface area contributed by atoms with Crippen LogP contribution in [-0.2, 0) is 23.7 Å². The first kappa shape index (κ1) is 17.6. The Bertz CT molecular complexity index is 288. The molecule has 0 spiro atoms. The normalized spacial score (nSPS) is 20.9. The topological polar surface area (TPSA) is 80.3 Å². The predicted octanol–water partition coefficient (Wildman–Crippen LogP) is 2.66. The van der Waals surface area contributed by atoms with E-state index in [0.717, 1.165) is 25.7 Å². The molecule has 0 bridgehead atoms. The molecule has 0 unspecified atom stereocenters. The summed E-state index contributed by atoms with van der Waals surface area (Å²) in [6, 6.07) is 0. The lowest BCUT2D eigenvalue weighted by molar-refractivity contribution is -0.0401. The fraction of sp³-hybridized carbons (Fsp3) is 0.857. The van der Waals surface area contributed by atoms with Gasteiger partial charge >= 0.3 is 12.3 Å². The molecule has 1 aliphatic heterocycles. The van der Waals surface area contributed by atoms with Gasteiger partial charge in [-0.15, -0.1) is 0 Å². The molecule has 21 heavy (non-hydrogen) atoms. The molecule has 0 amide bonds. The number of rotatable bonds is 8. The maximum atomic E-state index is 11.2. The van der Waals surface area contributed by atoms with Crippen molar-refractivity contribution in [2.75, 3.05) is 26.4 Å². The van der Waals surface area contributed by atoms with Crippen LogP contribution in [0, 0.1) is 0 Å². The molecular formula is C14H24O7. The maximum absolute atomic E-state index is 11.2. The lowest BCUT2D eigenvalue weighted by atomic mass is 10.2. The van der Waals surface area contributed by atoms with E-state index >= 15 is 0 Å². The SMILES string of the molecule is CCCOC(=O)OC[C@H]1CC[C@@H](COC(=O)OCCC)O1. The Morgan fingerprint density at radius 2 is 1.29 bits per heavy atom. The van der Waals surface area contributed by atoms with Gasteiger partial charge in [0, 0.05) is 0 Å². The summed E-state index contributed by atoms with van der Waals surface area (Å²) >= 11 is 0. The van der Waals surface area contributed by atoms with Crippen molar-refractivity contribution in [2.45, 2.75) is 51.7 Å². The first-order valence-electron chi connectivity index (χ1n) is 7.40. The highest BCUT2D eigenvalue weighted by molar-refractivity contribution is 5.60. The summed E-state index contributed by atoms with van der Waals surface area (Å²) in [4.78, 5) is 22.3. The zero-order valence-electron chi connectivity index (χ0n) is 12.7. The molecule has 0 aromatic carbocycles. The highest BCUT2D eigenvalue weighted by Gasteiger charge is 2.27. The van der Waals surface area contributed by atoms with Gasteiger partial charge in [-0.2, -0.15) is 0 Å². The third-order valence-corrected chi connectivity index (χ3v) is 2.82. The summed E-state index contributed by atoms with van der Waals surface area (Å²) in [7, 11) is 0. The van der Waals surface area contributed by atoms with E-state index < -0.39 is 12.3 Å². The minimum absolute atomic E-state index is 0.152. The average molecular weight is 304 g/mol. The number of carbonyl (C=O) groups is 2. The van der Waals surface area contributed by atoms with Crippen LogP contribution in [0.15, 0.2) is 0 Å². The van der Waals surface area contributed by atoms with Crippen LogP contribution in [0.5, 0.6) is 0 Å². The fourth-order valence-electron chi connectivity index (χ4n) is 1.80. The molecule has 1 saturated heterocycles. The molecule has 1 heterocycles. The molecule has 1 fully saturated rings. The zero-order chi connectivity index (χ0) is 15.5. The van der Waals surface area contributed by atoms with Gasteiger partial charge in [0.1, 0.15) is 13.2 Å². The van der Waals surface area contributed by atoms with E-state index in [9.17, 15) is 9.59 Å². The van der Waals surface area contributed by atoms with E-state index in [1.807, 2.05) is 13.8 Å². The van der Waals surface area contributed by atoms with Crippen LogP contribution in [0.3, 0.4) is 0 Å². The van der Waals surface area contributed by atoms with Crippen molar-refractivity contribution in [1.82, 2.24) is 0 Å². The van der Waals surface area contributed by atoms with Crippen molar-refractivity contribution in [3.05, 3.63) is 0 Å². The summed E-state index contributed by atoms with van der Waals surface area (Å²) in [5.41, 5.74) is 0. The van der Waals surface area contributed by atoms with Gasteiger partial charge in [-0.3, -0.25) is 0 Å². The van der Waals surface area contributed by atoms with Gasteiger partial charge in [-0.1, -0.05) is 13.8 Å². The Hall–Kier alpha value is -1.50. The van der Waals surface area contributed by atoms with Crippen molar-refractivity contribution in [2.24, 2.45) is 0 Å². The highest BCUT2D eigenvalue weighted by Crippen LogP contribution is 2.20. The van der Waals surface area contributed by atoms with E-state index in [0.29, 0.717) is 13.2 Å².